The van der Waals surface area contributed by atoms with Crippen LogP contribution in [0.4, 0.5) is 4.79 Å². The smallest absolute Gasteiger partial charge is 0.326 e. The monoisotopic (exact) mass is 242 g/mol. The maximum Gasteiger partial charge on any atom is 0.326 e. The lowest BCUT2D eigenvalue weighted by molar-refractivity contribution is -0.141. The zero-order chi connectivity index (χ0) is 12.8. The number of amides is 2. The number of aliphatic carboxylic acids is 1. The van der Waals surface area contributed by atoms with E-state index < -0.39 is 12.0 Å². The standard InChI is InChI=1S/C12H22N2O3/c1-3-4-6-9(2)13-12(17)14-8-5-7-10(14)11(15)16/h9-10H,3-8H2,1-2H3,(H,13,17)(H,15,16)/t9?,10-/m1/s1. The van der Waals surface area contributed by atoms with Crippen molar-refractivity contribution in [3.05, 3.63) is 0 Å². The van der Waals surface area contributed by atoms with E-state index in [0.29, 0.717) is 13.0 Å². The molecule has 0 saturated carbocycles. The fraction of sp³-hybridized carbons (Fsp3) is 0.833. The minimum atomic E-state index is -0.904. The molecule has 1 aliphatic heterocycles. The van der Waals surface area contributed by atoms with Gasteiger partial charge in [-0.1, -0.05) is 19.8 Å². The molecule has 2 N–H and O–H groups in total. The van der Waals surface area contributed by atoms with Crippen LogP contribution in [0.5, 0.6) is 0 Å². The first-order valence-electron chi connectivity index (χ1n) is 6.36. The molecule has 0 aromatic rings. The van der Waals surface area contributed by atoms with Crippen molar-refractivity contribution in [3.8, 4) is 0 Å². The third-order valence-electron chi connectivity index (χ3n) is 3.16. The average molecular weight is 242 g/mol. The molecule has 0 bridgehead atoms. The van der Waals surface area contributed by atoms with E-state index in [0.717, 1.165) is 25.7 Å². The Kier molecular flexibility index (Phi) is 5.25. The van der Waals surface area contributed by atoms with E-state index in [9.17, 15) is 9.59 Å². The Balaban J connectivity index is 2.43. The zero-order valence-corrected chi connectivity index (χ0v) is 10.6. The molecule has 98 valence electrons. The van der Waals surface area contributed by atoms with Gasteiger partial charge in [-0.3, -0.25) is 0 Å². The molecular formula is C12H22N2O3. The molecule has 1 rings (SSSR count). The molecule has 2 atom stereocenters. The van der Waals surface area contributed by atoms with Crippen LogP contribution in [0.3, 0.4) is 0 Å². The molecule has 1 heterocycles. The Hall–Kier alpha value is -1.26. The van der Waals surface area contributed by atoms with Crippen LogP contribution in [0.1, 0.15) is 46.0 Å². The number of carboxylic acids is 1. The average Bonchev–Trinajstić information content (AvgIpc) is 2.75. The first kappa shape index (κ1) is 13.8. The summed E-state index contributed by atoms with van der Waals surface area (Å²) in [6.07, 6.45) is 4.44. The summed E-state index contributed by atoms with van der Waals surface area (Å²) < 4.78 is 0. The number of rotatable bonds is 5. The molecule has 5 nitrogen and oxygen atoms in total. The molecule has 5 heteroatoms. The second-order valence-electron chi connectivity index (χ2n) is 4.68. The highest BCUT2D eigenvalue weighted by atomic mass is 16.4. The quantitative estimate of drug-likeness (QED) is 0.772. The number of urea groups is 1. The number of carbonyl (C=O) groups is 2. The molecule has 2 amide bonds. The summed E-state index contributed by atoms with van der Waals surface area (Å²) in [7, 11) is 0. The van der Waals surface area contributed by atoms with Crippen molar-refractivity contribution >= 4 is 12.0 Å². The second kappa shape index (κ2) is 6.47. The summed E-state index contributed by atoms with van der Waals surface area (Å²) in [5, 5.41) is 11.9. The molecule has 1 saturated heterocycles. The normalized spacial score (nSPS) is 21.3. The maximum atomic E-state index is 11.9. The van der Waals surface area contributed by atoms with Crippen molar-refractivity contribution < 1.29 is 14.7 Å². The Labute approximate surface area is 102 Å². The molecule has 1 unspecified atom stereocenters. The Morgan fingerprint density at radius 3 is 2.82 bits per heavy atom. The number of hydrogen-bond acceptors (Lipinski definition) is 2. The number of unbranched alkanes of at least 4 members (excludes halogenated alkanes) is 1. The Morgan fingerprint density at radius 1 is 1.53 bits per heavy atom. The van der Waals surface area contributed by atoms with Gasteiger partial charge in [0.05, 0.1) is 0 Å². The van der Waals surface area contributed by atoms with E-state index in [2.05, 4.69) is 12.2 Å². The number of carbonyl (C=O) groups excluding carboxylic acids is 1. The van der Waals surface area contributed by atoms with Crippen molar-refractivity contribution in [2.24, 2.45) is 0 Å². The largest absolute Gasteiger partial charge is 0.480 e. The van der Waals surface area contributed by atoms with Crippen molar-refractivity contribution in [1.82, 2.24) is 10.2 Å². The number of hydrogen-bond donors (Lipinski definition) is 2. The van der Waals surface area contributed by atoms with E-state index in [1.165, 1.54) is 4.90 Å². The van der Waals surface area contributed by atoms with Gasteiger partial charge in [-0.25, -0.2) is 9.59 Å². The van der Waals surface area contributed by atoms with E-state index in [4.69, 9.17) is 5.11 Å². The first-order valence-corrected chi connectivity index (χ1v) is 6.36. The lowest BCUT2D eigenvalue weighted by Gasteiger charge is -2.24. The molecule has 0 spiro atoms. The Bertz CT molecular complexity index is 281. The van der Waals surface area contributed by atoms with Crippen LogP contribution in [0.15, 0.2) is 0 Å². The van der Waals surface area contributed by atoms with E-state index in [1.807, 2.05) is 6.92 Å². The maximum absolute atomic E-state index is 11.9. The summed E-state index contributed by atoms with van der Waals surface area (Å²) in [5.74, 6) is -0.904. The van der Waals surface area contributed by atoms with Crippen molar-refractivity contribution in [3.63, 3.8) is 0 Å². The van der Waals surface area contributed by atoms with Crippen LogP contribution in [-0.4, -0.2) is 40.6 Å². The summed E-state index contributed by atoms with van der Waals surface area (Å²) in [5.41, 5.74) is 0. The van der Waals surface area contributed by atoms with Gasteiger partial charge in [0.25, 0.3) is 0 Å². The van der Waals surface area contributed by atoms with Crippen molar-refractivity contribution in [2.45, 2.75) is 58.0 Å². The van der Waals surface area contributed by atoms with E-state index in [-0.39, 0.29) is 12.1 Å². The zero-order valence-electron chi connectivity index (χ0n) is 10.6. The fourth-order valence-electron chi connectivity index (χ4n) is 2.14. The van der Waals surface area contributed by atoms with E-state index in [1.54, 1.807) is 0 Å². The van der Waals surface area contributed by atoms with Gasteiger partial charge in [0.2, 0.25) is 0 Å². The first-order chi connectivity index (χ1) is 8.06. The van der Waals surface area contributed by atoms with Crippen LogP contribution in [0.2, 0.25) is 0 Å². The molecule has 0 radical (unpaired) electrons. The summed E-state index contributed by atoms with van der Waals surface area (Å²) >= 11 is 0. The van der Waals surface area contributed by atoms with Crippen molar-refractivity contribution in [1.29, 1.82) is 0 Å². The molecule has 0 aromatic heterocycles. The fourth-order valence-corrected chi connectivity index (χ4v) is 2.14. The van der Waals surface area contributed by atoms with E-state index >= 15 is 0 Å². The summed E-state index contributed by atoms with van der Waals surface area (Å²) in [4.78, 5) is 24.3. The number of nitrogens with one attached hydrogen (secondary N) is 1. The van der Waals surface area contributed by atoms with Gasteiger partial charge in [0, 0.05) is 12.6 Å². The van der Waals surface area contributed by atoms with Gasteiger partial charge in [0.15, 0.2) is 0 Å². The lowest BCUT2D eigenvalue weighted by Crippen LogP contribution is -2.48. The summed E-state index contributed by atoms with van der Waals surface area (Å²) in [6, 6.07) is -0.774. The minimum Gasteiger partial charge on any atom is -0.480 e. The highest BCUT2D eigenvalue weighted by Crippen LogP contribution is 2.17. The topological polar surface area (TPSA) is 69.6 Å². The third-order valence-corrected chi connectivity index (χ3v) is 3.16. The number of likely N-dealkylation sites (tertiary alicyclic amines) is 1. The van der Waals surface area contributed by atoms with Crippen LogP contribution in [-0.2, 0) is 4.79 Å². The van der Waals surface area contributed by atoms with Crippen LogP contribution >= 0.6 is 0 Å². The number of carboxylic acid groups (broad SMARTS) is 1. The van der Waals surface area contributed by atoms with Crippen LogP contribution in [0, 0.1) is 0 Å². The second-order valence-corrected chi connectivity index (χ2v) is 4.68. The van der Waals surface area contributed by atoms with Gasteiger partial charge in [-0.2, -0.15) is 0 Å². The van der Waals surface area contributed by atoms with Gasteiger partial charge in [-0.05, 0) is 26.2 Å². The van der Waals surface area contributed by atoms with Crippen LogP contribution in [0.25, 0.3) is 0 Å². The van der Waals surface area contributed by atoms with Gasteiger partial charge < -0.3 is 15.3 Å². The highest BCUT2D eigenvalue weighted by Gasteiger charge is 2.34. The van der Waals surface area contributed by atoms with Gasteiger partial charge in [0.1, 0.15) is 6.04 Å². The van der Waals surface area contributed by atoms with Crippen LogP contribution < -0.4 is 5.32 Å². The lowest BCUT2D eigenvalue weighted by atomic mass is 10.1. The Morgan fingerprint density at radius 2 is 2.24 bits per heavy atom. The van der Waals surface area contributed by atoms with Crippen molar-refractivity contribution in [2.75, 3.05) is 6.54 Å². The third kappa shape index (κ3) is 3.91. The summed E-state index contributed by atoms with van der Waals surface area (Å²) in [6.45, 7) is 4.61. The molecule has 0 aromatic carbocycles. The predicted octanol–water partition coefficient (Wildman–Crippen LogP) is 1.82. The highest BCUT2D eigenvalue weighted by molar-refractivity contribution is 5.83. The molecule has 1 fully saturated rings. The SMILES string of the molecule is CCCCC(C)NC(=O)N1CCC[C@@H]1C(=O)O. The molecule has 1 aliphatic rings. The molecule has 0 aliphatic carbocycles. The minimum absolute atomic E-state index is 0.109. The van der Waals surface area contributed by atoms with Gasteiger partial charge >= 0.3 is 12.0 Å². The predicted molar refractivity (Wildman–Crippen MR) is 64.9 cm³/mol. The number of nitrogens with zero attached hydrogens (tertiary/aromatic N) is 1. The van der Waals surface area contributed by atoms with Gasteiger partial charge in [-0.15, -0.1) is 0 Å². The molecule has 17 heavy (non-hydrogen) atoms. The molecular weight excluding hydrogens is 220 g/mol.